The number of likely N-dealkylation sites (tertiary alicyclic amines) is 1. The number of rotatable bonds is 4. The number of allylic oxidation sites excluding steroid dienone is 1. The number of nitrogens with one attached hydrogen (secondary N) is 1. The molecule has 164 valence electrons. The number of aromatic amines is 1. The first-order valence-electron chi connectivity index (χ1n) is 9.92. The van der Waals surface area contributed by atoms with Gasteiger partial charge in [0, 0.05) is 29.9 Å². The van der Waals surface area contributed by atoms with Crippen molar-refractivity contribution < 1.29 is 13.2 Å². The number of halogens is 3. The summed E-state index contributed by atoms with van der Waals surface area (Å²) in [5.74, 6) is 7.04. The molecule has 3 heterocycles. The number of H-pyrrole nitrogens is 1. The van der Waals surface area contributed by atoms with E-state index in [1.807, 2.05) is 6.07 Å². The van der Waals surface area contributed by atoms with Gasteiger partial charge in [0.1, 0.15) is 12.2 Å². The second-order valence-electron chi connectivity index (χ2n) is 7.75. The largest absolute Gasteiger partial charge is 0.418 e. The van der Waals surface area contributed by atoms with Crippen molar-refractivity contribution in [1.82, 2.24) is 14.9 Å². The monoisotopic (exact) mass is 431 g/mol. The highest BCUT2D eigenvalue weighted by atomic mass is 19.4. The fourth-order valence-corrected chi connectivity index (χ4v) is 4.23. The lowest BCUT2D eigenvalue weighted by molar-refractivity contribution is -0.136. The number of benzene rings is 1. The van der Waals surface area contributed by atoms with Crippen molar-refractivity contribution in [2.75, 3.05) is 18.8 Å². The Kier molecular flexibility index (Phi) is 5.59. The molecule has 31 heavy (non-hydrogen) atoms. The van der Waals surface area contributed by atoms with Crippen LogP contribution in [-0.4, -0.2) is 41.0 Å². The maximum atomic E-state index is 12.9. The molecule has 0 atom stereocenters. The van der Waals surface area contributed by atoms with Gasteiger partial charge in [-0.05, 0) is 56.4 Å². The number of alkyl halides is 3. The number of anilines is 1. The number of nitrogen functional groups attached to an aromatic ring is 1. The number of fused-ring (bicyclic) bond motifs is 1. The molecule has 0 saturated carbocycles. The normalized spacial score (nSPS) is 19.4. The van der Waals surface area contributed by atoms with E-state index in [0.29, 0.717) is 6.54 Å². The van der Waals surface area contributed by atoms with Gasteiger partial charge in [0.15, 0.2) is 0 Å². The van der Waals surface area contributed by atoms with Crippen LogP contribution in [0.25, 0.3) is 5.70 Å². The van der Waals surface area contributed by atoms with Gasteiger partial charge >= 0.3 is 6.18 Å². The molecular weight excluding hydrogens is 407 g/mol. The lowest BCUT2D eigenvalue weighted by Crippen LogP contribution is -2.36. The average molecular weight is 431 g/mol. The average Bonchev–Trinajstić information content (AvgIpc) is 3.19. The third-order valence-corrected chi connectivity index (χ3v) is 5.76. The molecule has 7 nitrogen and oxygen atoms in total. The van der Waals surface area contributed by atoms with E-state index in [9.17, 15) is 13.2 Å². The van der Waals surface area contributed by atoms with Crippen molar-refractivity contribution in [3.05, 3.63) is 52.8 Å². The number of hydrogen-bond donors (Lipinski definition) is 3. The quantitative estimate of drug-likeness (QED) is 0.390. The fraction of sp³-hybridized carbons (Fsp3) is 0.333. The number of hydrazine groups is 1. The molecule has 2 aromatic rings. The minimum atomic E-state index is -4.44. The lowest BCUT2D eigenvalue weighted by atomic mass is 9.90. The number of hydrogen-bond acceptors (Lipinski definition) is 6. The first-order chi connectivity index (χ1) is 14.8. The molecule has 2 aliphatic heterocycles. The second-order valence-corrected chi connectivity index (χ2v) is 7.75. The molecule has 0 unspecified atom stereocenters. The predicted molar refractivity (Wildman–Crippen MR) is 115 cm³/mol. The fourth-order valence-electron chi connectivity index (χ4n) is 4.23. The first kappa shape index (κ1) is 21.1. The van der Waals surface area contributed by atoms with Gasteiger partial charge in [0.25, 0.3) is 0 Å². The van der Waals surface area contributed by atoms with E-state index in [1.54, 1.807) is 12.5 Å². The highest BCUT2D eigenvalue weighted by molar-refractivity contribution is 5.87. The van der Waals surface area contributed by atoms with Crippen LogP contribution in [0.15, 0.2) is 46.1 Å². The van der Waals surface area contributed by atoms with Gasteiger partial charge in [-0.2, -0.15) is 13.2 Å². The Hall–Kier alpha value is -3.11. The van der Waals surface area contributed by atoms with Gasteiger partial charge in [-0.1, -0.05) is 6.07 Å². The minimum Gasteiger partial charge on any atom is -0.398 e. The highest BCUT2D eigenvalue weighted by Gasteiger charge is 2.33. The van der Waals surface area contributed by atoms with Crippen LogP contribution >= 0.6 is 0 Å². The molecule has 4 rings (SSSR count). The summed E-state index contributed by atoms with van der Waals surface area (Å²) in [6.07, 6.45) is 0.573. The molecule has 5 N–H and O–H groups in total. The van der Waals surface area contributed by atoms with Gasteiger partial charge < -0.3 is 10.7 Å². The summed E-state index contributed by atoms with van der Waals surface area (Å²) in [4.78, 5) is 13.9. The van der Waals surface area contributed by atoms with E-state index in [2.05, 4.69) is 26.6 Å². The van der Waals surface area contributed by atoms with E-state index in [1.165, 1.54) is 17.1 Å². The number of nitrogens with two attached hydrogens (primary N) is 2. The van der Waals surface area contributed by atoms with Crippen molar-refractivity contribution in [3.8, 4) is 0 Å². The zero-order valence-corrected chi connectivity index (χ0v) is 16.9. The van der Waals surface area contributed by atoms with Crippen LogP contribution in [0.3, 0.4) is 0 Å². The Balaban J connectivity index is 1.46. The summed E-state index contributed by atoms with van der Waals surface area (Å²) in [5.41, 5.74) is 7.84. The van der Waals surface area contributed by atoms with E-state index < -0.39 is 11.7 Å². The Morgan fingerprint density at radius 2 is 2.00 bits per heavy atom. The summed E-state index contributed by atoms with van der Waals surface area (Å²) in [6.45, 7) is 5.85. The number of piperidine rings is 1. The van der Waals surface area contributed by atoms with Crippen LogP contribution < -0.4 is 11.6 Å². The minimum absolute atomic E-state index is 0.168. The maximum absolute atomic E-state index is 12.9. The van der Waals surface area contributed by atoms with Gasteiger partial charge in [0.2, 0.25) is 0 Å². The van der Waals surface area contributed by atoms with Gasteiger partial charge in [0.05, 0.1) is 17.0 Å². The number of aliphatic imine (C=N–C) groups is 2. The molecule has 10 heteroatoms. The summed E-state index contributed by atoms with van der Waals surface area (Å²) >= 11 is 0. The smallest absolute Gasteiger partial charge is 0.398 e. The van der Waals surface area contributed by atoms with E-state index in [0.717, 1.165) is 60.3 Å². The molecule has 0 aliphatic carbocycles. The highest BCUT2D eigenvalue weighted by Crippen LogP contribution is 2.38. The lowest BCUT2D eigenvalue weighted by Gasteiger charge is -2.34. The Morgan fingerprint density at radius 1 is 1.26 bits per heavy atom. The van der Waals surface area contributed by atoms with Crippen LogP contribution in [-0.2, 0) is 12.7 Å². The Labute approximate surface area is 177 Å². The Morgan fingerprint density at radius 3 is 2.65 bits per heavy atom. The summed E-state index contributed by atoms with van der Waals surface area (Å²) in [6, 6.07) is 5.87. The number of nitrogens with zero attached hydrogens (tertiary/aromatic N) is 4. The van der Waals surface area contributed by atoms with Crippen molar-refractivity contribution in [3.63, 3.8) is 0 Å². The topological polar surface area (TPSA) is 99.0 Å². The Bertz CT molecular complexity index is 1030. The summed E-state index contributed by atoms with van der Waals surface area (Å²) in [7, 11) is 0. The third-order valence-electron chi connectivity index (χ3n) is 5.76. The zero-order valence-electron chi connectivity index (χ0n) is 16.9. The third kappa shape index (κ3) is 4.21. The summed E-state index contributed by atoms with van der Waals surface area (Å²) in [5, 5.41) is 1.47. The van der Waals surface area contributed by atoms with Crippen molar-refractivity contribution in [2.45, 2.75) is 25.6 Å². The predicted octanol–water partition coefficient (Wildman–Crippen LogP) is 3.75. The standard InChI is InChI=1S/C21H24F3N7/c1-27-18(19-15-4-7-28-20(15)29-12-31(19)26)14-5-8-30(9-6-14)11-13-2-3-16(17(25)10-13)21(22,23)24/h2-4,7,10,12,14,28H,1,5-6,8-9,11,25-26H2/b19-18-. The van der Waals surface area contributed by atoms with E-state index in [4.69, 9.17) is 11.6 Å². The van der Waals surface area contributed by atoms with E-state index in [-0.39, 0.29) is 11.6 Å². The van der Waals surface area contributed by atoms with Crippen LogP contribution in [0.2, 0.25) is 0 Å². The molecule has 1 aromatic heterocycles. The van der Waals surface area contributed by atoms with E-state index >= 15 is 0 Å². The molecule has 1 fully saturated rings. The molecular formula is C21H24F3N7. The molecule has 1 aromatic carbocycles. The summed E-state index contributed by atoms with van der Waals surface area (Å²) < 4.78 is 38.7. The van der Waals surface area contributed by atoms with Crippen LogP contribution in [0.1, 0.15) is 29.5 Å². The van der Waals surface area contributed by atoms with Gasteiger partial charge in [-0.3, -0.25) is 14.9 Å². The molecule has 0 bridgehead atoms. The SMILES string of the molecule is C=N/C(=C1/c2cc[nH]c2N=CN1N)C1CCN(Cc2ccc(C(F)(F)F)c(N)c2)CC1. The zero-order chi connectivity index (χ0) is 22.2. The maximum Gasteiger partial charge on any atom is 0.418 e. The van der Waals surface area contributed by atoms with Crippen molar-refractivity contribution >= 4 is 30.3 Å². The molecule has 0 spiro atoms. The molecule has 0 amide bonds. The van der Waals surface area contributed by atoms with Gasteiger partial charge in [-0.25, -0.2) is 10.8 Å². The molecule has 2 aliphatic rings. The number of aromatic nitrogens is 1. The van der Waals surface area contributed by atoms with Crippen molar-refractivity contribution in [1.29, 1.82) is 0 Å². The van der Waals surface area contributed by atoms with Crippen LogP contribution in [0.4, 0.5) is 24.7 Å². The molecule has 1 saturated heterocycles. The van der Waals surface area contributed by atoms with Crippen LogP contribution in [0.5, 0.6) is 0 Å². The van der Waals surface area contributed by atoms with Gasteiger partial charge in [-0.15, -0.1) is 0 Å². The van der Waals surface area contributed by atoms with Crippen molar-refractivity contribution in [2.24, 2.45) is 21.7 Å². The second kappa shape index (κ2) is 8.20. The van der Waals surface area contributed by atoms with Crippen LogP contribution in [0, 0.1) is 5.92 Å². The first-order valence-corrected chi connectivity index (χ1v) is 9.92. The molecule has 0 radical (unpaired) electrons.